The minimum Gasteiger partial charge on any atom is -0.362 e. The van der Waals surface area contributed by atoms with Crippen LogP contribution in [0.2, 0.25) is 0 Å². The summed E-state index contributed by atoms with van der Waals surface area (Å²) < 4.78 is 0. The molecule has 0 N–H and O–H groups in total. The Bertz CT molecular complexity index is 578. The number of hydrogen-bond acceptors (Lipinski definition) is 5. The molecular weight excluding hydrogens is 272 g/mol. The molecule has 1 aromatic carbocycles. The largest absolute Gasteiger partial charge is 0.362 e. The van der Waals surface area contributed by atoms with Crippen molar-refractivity contribution in [3.8, 4) is 6.07 Å². The molecule has 112 valence electrons. The van der Waals surface area contributed by atoms with Crippen LogP contribution in [0.5, 0.6) is 0 Å². The number of hydrogen-bond donors (Lipinski definition) is 0. The number of amides is 1. The molecule has 1 aromatic rings. The van der Waals surface area contributed by atoms with Crippen molar-refractivity contribution < 1.29 is 9.72 Å². The van der Waals surface area contributed by atoms with Crippen LogP contribution in [0.3, 0.4) is 0 Å². The summed E-state index contributed by atoms with van der Waals surface area (Å²) >= 11 is 0. The van der Waals surface area contributed by atoms with Gasteiger partial charge in [-0.2, -0.15) is 5.26 Å². The zero-order valence-electron chi connectivity index (χ0n) is 12.4. The highest BCUT2D eigenvalue weighted by Crippen LogP contribution is 2.25. The Hall–Kier alpha value is -2.62. The van der Waals surface area contributed by atoms with Gasteiger partial charge in [-0.05, 0) is 18.6 Å². The van der Waals surface area contributed by atoms with Crippen molar-refractivity contribution in [3.63, 3.8) is 0 Å². The SMILES string of the molecule is CCCN(CC(=O)N(C)C)c1ccc(C#N)c([N+](=O)[O-])c1. The number of nitrogens with zero attached hydrogens (tertiary/aromatic N) is 4. The average Bonchev–Trinajstić information content (AvgIpc) is 2.45. The summed E-state index contributed by atoms with van der Waals surface area (Å²) in [5, 5.41) is 19.9. The third-order valence-corrected chi connectivity index (χ3v) is 2.98. The van der Waals surface area contributed by atoms with Crippen molar-refractivity contribution in [2.75, 3.05) is 32.1 Å². The number of likely N-dealkylation sites (N-methyl/N-ethyl adjacent to an activating group) is 1. The van der Waals surface area contributed by atoms with Gasteiger partial charge in [-0.15, -0.1) is 0 Å². The van der Waals surface area contributed by atoms with Crippen LogP contribution < -0.4 is 4.90 Å². The van der Waals surface area contributed by atoms with Crippen LogP contribution in [0, 0.1) is 21.4 Å². The van der Waals surface area contributed by atoms with Gasteiger partial charge in [-0.3, -0.25) is 14.9 Å². The molecule has 0 aromatic heterocycles. The van der Waals surface area contributed by atoms with E-state index in [0.717, 1.165) is 6.42 Å². The lowest BCUT2D eigenvalue weighted by molar-refractivity contribution is -0.385. The number of carbonyl (C=O) groups excluding carboxylic acids is 1. The molecule has 21 heavy (non-hydrogen) atoms. The van der Waals surface area contributed by atoms with E-state index in [0.29, 0.717) is 12.2 Å². The van der Waals surface area contributed by atoms with Crippen LogP contribution in [0.15, 0.2) is 18.2 Å². The standard InChI is InChI=1S/C14H18N4O3/c1-4-7-17(10-14(19)16(2)3)12-6-5-11(9-15)13(8-12)18(20)21/h5-6,8H,4,7,10H2,1-3H3. The number of nitriles is 1. The summed E-state index contributed by atoms with van der Waals surface area (Å²) in [5.41, 5.74) is 0.338. The van der Waals surface area contributed by atoms with Crippen molar-refractivity contribution >= 4 is 17.3 Å². The lowest BCUT2D eigenvalue weighted by atomic mass is 10.1. The molecule has 0 saturated heterocycles. The fraction of sp³-hybridized carbons (Fsp3) is 0.429. The third-order valence-electron chi connectivity index (χ3n) is 2.98. The quantitative estimate of drug-likeness (QED) is 0.588. The Morgan fingerprint density at radius 1 is 1.43 bits per heavy atom. The van der Waals surface area contributed by atoms with E-state index in [1.165, 1.54) is 17.0 Å². The van der Waals surface area contributed by atoms with E-state index in [4.69, 9.17) is 5.26 Å². The van der Waals surface area contributed by atoms with E-state index < -0.39 is 4.92 Å². The highest BCUT2D eigenvalue weighted by molar-refractivity contribution is 5.81. The molecule has 0 spiro atoms. The van der Waals surface area contributed by atoms with E-state index in [1.54, 1.807) is 31.1 Å². The summed E-state index contributed by atoms with van der Waals surface area (Å²) in [6.07, 6.45) is 0.800. The predicted molar refractivity (Wildman–Crippen MR) is 79.0 cm³/mol. The predicted octanol–water partition coefficient (Wildman–Crippen LogP) is 1.77. The molecule has 0 aliphatic carbocycles. The molecule has 0 radical (unpaired) electrons. The summed E-state index contributed by atoms with van der Waals surface area (Å²) in [7, 11) is 3.32. The summed E-state index contributed by atoms with van der Waals surface area (Å²) in [6.45, 7) is 2.71. The smallest absolute Gasteiger partial charge is 0.289 e. The maximum atomic E-state index is 11.8. The van der Waals surface area contributed by atoms with E-state index in [9.17, 15) is 14.9 Å². The highest BCUT2D eigenvalue weighted by Gasteiger charge is 2.18. The lowest BCUT2D eigenvalue weighted by Crippen LogP contribution is -2.37. The molecule has 7 heteroatoms. The molecule has 0 atom stereocenters. The van der Waals surface area contributed by atoms with Gasteiger partial charge in [0.2, 0.25) is 5.91 Å². The van der Waals surface area contributed by atoms with Crippen LogP contribution in [0.1, 0.15) is 18.9 Å². The molecule has 0 bridgehead atoms. The van der Waals surface area contributed by atoms with Gasteiger partial charge in [0.25, 0.3) is 5.69 Å². The fourth-order valence-corrected chi connectivity index (χ4v) is 1.84. The van der Waals surface area contributed by atoms with Crippen molar-refractivity contribution in [2.24, 2.45) is 0 Å². The minimum absolute atomic E-state index is 0.0131. The van der Waals surface area contributed by atoms with Gasteiger partial charge >= 0.3 is 0 Å². The van der Waals surface area contributed by atoms with E-state index in [-0.39, 0.29) is 23.7 Å². The monoisotopic (exact) mass is 290 g/mol. The Morgan fingerprint density at radius 3 is 2.57 bits per heavy atom. The van der Waals surface area contributed by atoms with Gasteiger partial charge in [0.15, 0.2) is 0 Å². The van der Waals surface area contributed by atoms with Gasteiger partial charge < -0.3 is 9.80 Å². The molecule has 1 rings (SSSR count). The molecule has 0 saturated carbocycles. The van der Waals surface area contributed by atoms with E-state index in [1.807, 2.05) is 6.92 Å². The summed E-state index contributed by atoms with van der Waals surface area (Å²) in [4.78, 5) is 25.5. The fourth-order valence-electron chi connectivity index (χ4n) is 1.84. The van der Waals surface area contributed by atoms with Crippen LogP contribution in [0.25, 0.3) is 0 Å². The van der Waals surface area contributed by atoms with Crippen LogP contribution in [-0.2, 0) is 4.79 Å². The molecule has 0 unspecified atom stereocenters. The lowest BCUT2D eigenvalue weighted by Gasteiger charge is -2.25. The molecule has 1 amide bonds. The van der Waals surface area contributed by atoms with Crippen molar-refractivity contribution in [3.05, 3.63) is 33.9 Å². The maximum absolute atomic E-state index is 11.8. The molecule has 0 fully saturated rings. The first-order valence-electron chi connectivity index (χ1n) is 6.54. The van der Waals surface area contributed by atoms with Crippen molar-refractivity contribution in [1.29, 1.82) is 5.26 Å². The zero-order chi connectivity index (χ0) is 16.0. The maximum Gasteiger partial charge on any atom is 0.289 e. The van der Waals surface area contributed by atoms with Gasteiger partial charge in [-0.1, -0.05) is 6.92 Å². The second-order valence-electron chi connectivity index (χ2n) is 4.78. The van der Waals surface area contributed by atoms with Crippen molar-refractivity contribution in [2.45, 2.75) is 13.3 Å². The second kappa shape index (κ2) is 7.24. The molecular formula is C14H18N4O3. The number of carbonyl (C=O) groups is 1. The van der Waals surface area contributed by atoms with Crippen molar-refractivity contribution in [1.82, 2.24) is 4.90 Å². The summed E-state index contributed by atoms with van der Waals surface area (Å²) in [5.74, 6) is -0.0875. The third kappa shape index (κ3) is 4.18. The molecule has 7 nitrogen and oxygen atoms in total. The topological polar surface area (TPSA) is 90.5 Å². The first-order chi connectivity index (χ1) is 9.90. The number of rotatable bonds is 6. The number of nitro benzene ring substituents is 1. The summed E-state index contributed by atoms with van der Waals surface area (Å²) in [6, 6.07) is 6.19. The minimum atomic E-state index is -0.583. The van der Waals surface area contributed by atoms with E-state index in [2.05, 4.69) is 0 Å². The number of benzene rings is 1. The zero-order valence-corrected chi connectivity index (χ0v) is 12.4. The Balaban J connectivity index is 3.14. The number of anilines is 1. The first-order valence-corrected chi connectivity index (χ1v) is 6.54. The second-order valence-corrected chi connectivity index (χ2v) is 4.78. The van der Waals surface area contributed by atoms with Crippen LogP contribution >= 0.6 is 0 Å². The van der Waals surface area contributed by atoms with Gasteiger partial charge in [0.1, 0.15) is 11.6 Å². The number of nitro groups is 1. The normalized spacial score (nSPS) is 9.81. The molecule has 0 aliphatic rings. The highest BCUT2D eigenvalue weighted by atomic mass is 16.6. The average molecular weight is 290 g/mol. The van der Waals surface area contributed by atoms with Crippen LogP contribution in [-0.4, -0.2) is 42.9 Å². The van der Waals surface area contributed by atoms with Gasteiger partial charge in [0.05, 0.1) is 11.5 Å². The Labute approximate surface area is 123 Å². The van der Waals surface area contributed by atoms with E-state index >= 15 is 0 Å². The van der Waals surface area contributed by atoms with Gasteiger partial charge in [-0.25, -0.2) is 0 Å². The molecule has 0 aliphatic heterocycles. The Morgan fingerprint density at radius 2 is 2.10 bits per heavy atom. The Kier molecular flexibility index (Phi) is 5.67. The van der Waals surface area contributed by atoms with Gasteiger partial charge in [0, 0.05) is 32.4 Å². The molecule has 0 heterocycles. The first kappa shape index (κ1) is 16.4. The van der Waals surface area contributed by atoms with Crippen LogP contribution in [0.4, 0.5) is 11.4 Å².